The van der Waals surface area contributed by atoms with Gasteiger partial charge >= 0.3 is 18.2 Å². The number of benzene rings is 2. The zero-order chi connectivity index (χ0) is 27.9. The number of amides is 1. The fourth-order valence-corrected chi connectivity index (χ4v) is 4.76. The number of esters is 1. The van der Waals surface area contributed by atoms with E-state index in [1.54, 1.807) is 38.1 Å². The van der Waals surface area contributed by atoms with Gasteiger partial charge in [-0.2, -0.15) is 18.4 Å². The van der Waals surface area contributed by atoms with Crippen LogP contribution in [0.5, 0.6) is 0 Å². The molecule has 2 aromatic carbocycles. The summed E-state index contributed by atoms with van der Waals surface area (Å²) in [6.07, 6.45) is -5.08. The first kappa shape index (κ1) is 28.6. The molecule has 1 heterocycles. The zero-order valence-corrected chi connectivity index (χ0v) is 21.4. The van der Waals surface area contributed by atoms with Gasteiger partial charge in [-0.25, -0.2) is 14.6 Å². The zero-order valence-electron chi connectivity index (χ0n) is 20.6. The Kier molecular flexibility index (Phi) is 9.41. The first-order chi connectivity index (χ1) is 18.1. The summed E-state index contributed by atoms with van der Waals surface area (Å²) in [5, 5.41) is 9.49. The smallest absolute Gasteiger partial charge is 0.416 e. The van der Waals surface area contributed by atoms with Crippen LogP contribution in [0.15, 0.2) is 64.8 Å². The summed E-state index contributed by atoms with van der Waals surface area (Å²) in [5.41, 5.74) is 5.84. The highest BCUT2D eigenvalue weighted by Crippen LogP contribution is 2.40. The number of halogens is 3. The number of rotatable bonds is 8. The lowest BCUT2D eigenvalue weighted by molar-refractivity contribution is -0.139. The number of carbonyl (C=O) groups is 2. The third-order valence-corrected chi connectivity index (χ3v) is 6.52. The van der Waals surface area contributed by atoms with Gasteiger partial charge in [0.15, 0.2) is 5.17 Å². The standard InChI is InChI=1S/C26H25F3N4O4S/c1-3-36-23(34)21-16(2)33(20-7-4-6-19(14-20)26(27,28)29)25(38-13-5-12-37-24(31)35)32-22(21)18-10-8-17(15-30)9-11-18/h4,6-11,14,22H,3,5,12-13H2,1-2H3,(H2,31,35). The molecule has 2 N–H and O–H groups in total. The fraction of sp³-hybridized carbons (Fsp3) is 0.308. The minimum atomic E-state index is -4.57. The molecule has 0 spiro atoms. The summed E-state index contributed by atoms with van der Waals surface area (Å²) < 4.78 is 50.6. The molecule has 0 saturated carbocycles. The Morgan fingerprint density at radius 1 is 1.18 bits per heavy atom. The highest BCUT2D eigenvalue weighted by atomic mass is 32.2. The second-order valence-corrected chi connectivity index (χ2v) is 9.08. The molecule has 12 heteroatoms. The van der Waals surface area contributed by atoms with E-state index in [1.807, 2.05) is 6.07 Å². The van der Waals surface area contributed by atoms with Crippen molar-refractivity contribution in [3.05, 3.63) is 76.5 Å². The molecule has 200 valence electrons. The largest absolute Gasteiger partial charge is 0.463 e. The number of alkyl halides is 3. The van der Waals surface area contributed by atoms with Crippen molar-refractivity contribution in [3.8, 4) is 6.07 Å². The Morgan fingerprint density at radius 2 is 1.89 bits per heavy atom. The van der Waals surface area contributed by atoms with Crippen LogP contribution in [0.25, 0.3) is 0 Å². The summed E-state index contributed by atoms with van der Waals surface area (Å²) >= 11 is 1.23. The number of hydrogen-bond acceptors (Lipinski definition) is 8. The number of aliphatic imine (C=N–C) groups is 1. The van der Waals surface area contributed by atoms with Gasteiger partial charge in [-0.1, -0.05) is 30.0 Å². The number of nitriles is 1. The van der Waals surface area contributed by atoms with Crippen LogP contribution in [0.2, 0.25) is 0 Å². The van der Waals surface area contributed by atoms with Crippen molar-refractivity contribution in [2.45, 2.75) is 32.5 Å². The third kappa shape index (κ3) is 6.86. The number of primary amides is 1. The highest BCUT2D eigenvalue weighted by molar-refractivity contribution is 8.14. The Hall–Kier alpha value is -3.98. The topological polar surface area (TPSA) is 118 Å². The number of thioether (sulfide) groups is 1. The fourth-order valence-electron chi connectivity index (χ4n) is 3.77. The van der Waals surface area contributed by atoms with E-state index in [0.29, 0.717) is 34.2 Å². The molecule has 1 aliphatic heterocycles. The molecule has 38 heavy (non-hydrogen) atoms. The van der Waals surface area contributed by atoms with Crippen LogP contribution in [0.3, 0.4) is 0 Å². The summed E-state index contributed by atoms with van der Waals surface area (Å²) in [6, 6.07) is 12.5. The van der Waals surface area contributed by atoms with Gasteiger partial charge in [0.2, 0.25) is 0 Å². The molecule has 0 bridgehead atoms. The van der Waals surface area contributed by atoms with E-state index in [0.717, 1.165) is 12.1 Å². The molecule has 1 atom stereocenters. The number of ether oxygens (including phenoxy) is 2. The maximum atomic E-state index is 13.5. The number of anilines is 1. The molecular formula is C26H25F3N4O4S. The number of allylic oxidation sites excluding steroid dienone is 1. The third-order valence-electron chi connectivity index (χ3n) is 5.48. The van der Waals surface area contributed by atoms with Gasteiger partial charge in [-0.15, -0.1) is 0 Å². The van der Waals surface area contributed by atoms with Gasteiger partial charge in [0.05, 0.1) is 36.0 Å². The molecule has 1 unspecified atom stereocenters. The van der Waals surface area contributed by atoms with Crippen molar-refractivity contribution >= 4 is 34.7 Å². The molecule has 3 rings (SSSR count). The van der Waals surface area contributed by atoms with Crippen molar-refractivity contribution in [2.75, 3.05) is 23.9 Å². The van der Waals surface area contributed by atoms with Crippen LogP contribution in [-0.4, -0.2) is 36.2 Å². The van der Waals surface area contributed by atoms with Crippen LogP contribution in [-0.2, 0) is 20.4 Å². The lowest BCUT2D eigenvalue weighted by Gasteiger charge is -2.35. The molecule has 0 fully saturated rings. The van der Waals surface area contributed by atoms with Gasteiger partial charge in [0.1, 0.15) is 6.04 Å². The molecular weight excluding hydrogens is 521 g/mol. The molecule has 2 aromatic rings. The van der Waals surface area contributed by atoms with Crippen molar-refractivity contribution in [2.24, 2.45) is 10.7 Å². The number of hydrogen-bond donors (Lipinski definition) is 1. The second-order valence-electron chi connectivity index (χ2n) is 8.02. The van der Waals surface area contributed by atoms with Gasteiger partial charge in [-0.3, -0.25) is 4.90 Å². The minimum absolute atomic E-state index is 0.0567. The molecule has 1 amide bonds. The predicted octanol–water partition coefficient (Wildman–Crippen LogP) is 5.55. The molecule has 0 aromatic heterocycles. The van der Waals surface area contributed by atoms with Crippen LogP contribution in [0, 0.1) is 11.3 Å². The molecule has 1 aliphatic rings. The van der Waals surface area contributed by atoms with Gasteiger partial charge in [-0.05, 0) is 56.2 Å². The number of carbonyl (C=O) groups excluding carboxylic acids is 2. The van der Waals surface area contributed by atoms with E-state index in [4.69, 9.17) is 25.5 Å². The van der Waals surface area contributed by atoms with E-state index in [9.17, 15) is 22.8 Å². The summed E-state index contributed by atoms with van der Waals surface area (Å²) in [6.45, 7) is 3.41. The Morgan fingerprint density at radius 3 is 2.50 bits per heavy atom. The number of nitrogens with two attached hydrogens (primary N) is 1. The van der Waals surface area contributed by atoms with E-state index in [2.05, 4.69) is 0 Å². The van der Waals surface area contributed by atoms with Gasteiger partial charge in [0, 0.05) is 17.1 Å². The van der Waals surface area contributed by atoms with E-state index in [-0.39, 0.29) is 24.5 Å². The Bertz CT molecular complexity index is 1290. The van der Waals surface area contributed by atoms with Crippen molar-refractivity contribution in [1.82, 2.24) is 0 Å². The monoisotopic (exact) mass is 546 g/mol. The second kappa shape index (κ2) is 12.5. The maximum absolute atomic E-state index is 13.5. The predicted molar refractivity (Wildman–Crippen MR) is 137 cm³/mol. The Balaban J connectivity index is 2.11. The van der Waals surface area contributed by atoms with Crippen molar-refractivity contribution in [1.29, 1.82) is 5.26 Å². The van der Waals surface area contributed by atoms with Crippen molar-refractivity contribution < 1.29 is 32.2 Å². The quantitative estimate of drug-likeness (QED) is 0.341. The van der Waals surface area contributed by atoms with E-state index < -0.39 is 29.8 Å². The molecule has 0 saturated heterocycles. The summed E-state index contributed by atoms with van der Waals surface area (Å²) in [4.78, 5) is 30.2. The van der Waals surface area contributed by atoms with Crippen LogP contribution < -0.4 is 10.6 Å². The number of nitrogens with zero attached hydrogens (tertiary/aromatic N) is 3. The van der Waals surface area contributed by atoms with E-state index >= 15 is 0 Å². The normalized spacial score (nSPS) is 15.5. The molecule has 0 aliphatic carbocycles. The Labute approximate surface area is 221 Å². The average molecular weight is 547 g/mol. The van der Waals surface area contributed by atoms with Crippen LogP contribution in [0.4, 0.5) is 23.7 Å². The van der Waals surface area contributed by atoms with Gasteiger partial charge < -0.3 is 15.2 Å². The highest BCUT2D eigenvalue weighted by Gasteiger charge is 2.36. The maximum Gasteiger partial charge on any atom is 0.416 e. The molecule has 8 nitrogen and oxygen atoms in total. The summed E-state index contributed by atoms with van der Waals surface area (Å²) in [7, 11) is 0. The van der Waals surface area contributed by atoms with E-state index in [1.165, 1.54) is 28.8 Å². The first-order valence-electron chi connectivity index (χ1n) is 11.5. The lowest BCUT2D eigenvalue weighted by Crippen LogP contribution is -2.35. The van der Waals surface area contributed by atoms with Gasteiger partial charge in [0.25, 0.3) is 0 Å². The van der Waals surface area contributed by atoms with Crippen LogP contribution >= 0.6 is 11.8 Å². The van der Waals surface area contributed by atoms with Crippen LogP contribution in [0.1, 0.15) is 43.0 Å². The molecule has 0 radical (unpaired) electrons. The van der Waals surface area contributed by atoms with Crippen molar-refractivity contribution in [3.63, 3.8) is 0 Å². The average Bonchev–Trinajstić information content (AvgIpc) is 2.87. The minimum Gasteiger partial charge on any atom is -0.463 e. The first-order valence-corrected chi connectivity index (χ1v) is 12.5. The SMILES string of the molecule is CCOC(=O)C1=C(C)N(c2cccc(C(F)(F)F)c2)C(SCCCOC(N)=O)=NC1c1ccc(C#N)cc1. The number of amidine groups is 1. The summed E-state index contributed by atoms with van der Waals surface area (Å²) in [5.74, 6) is -0.261. The lowest BCUT2D eigenvalue weighted by atomic mass is 9.95.